The van der Waals surface area contributed by atoms with E-state index in [2.05, 4.69) is 30.7 Å². The molecule has 2 aliphatic heterocycles. The van der Waals surface area contributed by atoms with Crippen molar-refractivity contribution in [1.29, 1.82) is 0 Å². The molecule has 2 bridgehead atoms. The second-order valence-electron chi connectivity index (χ2n) is 7.04. The number of benzene rings is 1. The number of rotatable bonds is 3. The number of aromatic amines is 1. The molecule has 134 valence electrons. The molecule has 5 rings (SSSR count). The standard InChI is InChI=1S/C18H20ClN7/c1-10-16(19)23-18(26-13-3-4-14(26)9-20-8-13)24-17(10)22-12-2-5-15-11(6-12)7-21-25-15/h2,5-7,13-14,20H,3-4,8-9H2,1H3,(H,21,25)(H,22,23,24). The van der Waals surface area contributed by atoms with Gasteiger partial charge in [0, 0.05) is 41.8 Å². The molecule has 2 fully saturated rings. The summed E-state index contributed by atoms with van der Waals surface area (Å²) >= 11 is 6.45. The Morgan fingerprint density at radius 3 is 2.81 bits per heavy atom. The second-order valence-corrected chi connectivity index (χ2v) is 7.39. The van der Waals surface area contributed by atoms with Crippen LogP contribution < -0.4 is 15.5 Å². The lowest BCUT2D eigenvalue weighted by Gasteiger charge is -2.35. The second kappa shape index (κ2) is 6.10. The molecule has 4 heterocycles. The quantitative estimate of drug-likeness (QED) is 0.616. The van der Waals surface area contributed by atoms with Gasteiger partial charge in [-0.1, -0.05) is 11.6 Å². The van der Waals surface area contributed by atoms with Gasteiger partial charge in [-0.25, -0.2) is 4.98 Å². The molecule has 1 aromatic carbocycles. The van der Waals surface area contributed by atoms with Gasteiger partial charge < -0.3 is 15.5 Å². The Morgan fingerprint density at radius 2 is 2.00 bits per heavy atom. The highest BCUT2D eigenvalue weighted by Crippen LogP contribution is 2.33. The normalized spacial score (nSPS) is 22.2. The van der Waals surface area contributed by atoms with Crippen LogP contribution in [-0.4, -0.2) is 45.3 Å². The van der Waals surface area contributed by atoms with E-state index in [1.165, 1.54) is 12.8 Å². The smallest absolute Gasteiger partial charge is 0.229 e. The number of nitrogens with zero attached hydrogens (tertiary/aromatic N) is 4. The van der Waals surface area contributed by atoms with Gasteiger partial charge in [-0.05, 0) is 38.0 Å². The highest BCUT2D eigenvalue weighted by Gasteiger charge is 2.38. The highest BCUT2D eigenvalue weighted by atomic mass is 35.5. The summed E-state index contributed by atoms with van der Waals surface area (Å²) in [6.07, 6.45) is 4.16. The van der Waals surface area contributed by atoms with Crippen LogP contribution >= 0.6 is 11.6 Å². The van der Waals surface area contributed by atoms with E-state index in [9.17, 15) is 0 Å². The molecule has 2 unspecified atom stereocenters. The number of hydrogen-bond donors (Lipinski definition) is 3. The topological polar surface area (TPSA) is 81.8 Å². The summed E-state index contributed by atoms with van der Waals surface area (Å²) in [7, 11) is 0. The zero-order chi connectivity index (χ0) is 17.7. The van der Waals surface area contributed by atoms with E-state index in [0.717, 1.165) is 47.0 Å². The molecular weight excluding hydrogens is 350 g/mol. The molecule has 2 aliphatic rings. The van der Waals surface area contributed by atoms with E-state index in [0.29, 0.717) is 17.2 Å². The van der Waals surface area contributed by atoms with Crippen LogP contribution in [0.15, 0.2) is 24.4 Å². The predicted molar refractivity (Wildman–Crippen MR) is 103 cm³/mol. The van der Waals surface area contributed by atoms with Crippen LogP contribution in [0.4, 0.5) is 17.5 Å². The van der Waals surface area contributed by atoms with Crippen molar-refractivity contribution >= 4 is 40.0 Å². The molecule has 3 aromatic rings. The summed E-state index contributed by atoms with van der Waals surface area (Å²) in [4.78, 5) is 11.7. The third-order valence-corrected chi connectivity index (χ3v) is 5.76. The lowest BCUT2D eigenvalue weighted by molar-refractivity contribution is 0.477. The van der Waals surface area contributed by atoms with Crippen LogP contribution in [0, 0.1) is 6.92 Å². The number of aromatic nitrogens is 4. The van der Waals surface area contributed by atoms with Crippen molar-refractivity contribution in [2.24, 2.45) is 0 Å². The Morgan fingerprint density at radius 1 is 1.19 bits per heavy atom. The first kappa shape index (κ1) is 15.8. The van der Waals surface area contributed by atoms with Gasteiger partial charge in [0.2, 0.25) is 5.95 Å². The Bertz CT molecular complexity index is 953. The maximum absolute atomic E-state index is 6.45. The molecule has 2 aromatic heterocycles. The molecular formula is C18H20ClN7. The van der Waals surface area contributed by atoms with Crippen LogP contribution in [0.25, 0.3) is 10.9 Å². The van der Waals surface area contributed by atoms with Crippen molar-refractivity contribution in [3.8, 4) is 0 Å². The minimum Gasteiger partial charge on any atom is -0.340 e. The van der Waals surface area contributed by atoms with Crippen molar-refractivity contribution < 1.29 is 0 Å². The van der Waals surface area contributed by atoms with Crippen molar-refractivity contribution in [3.05, 3.63) is 35.1 Å². The Kier molecular flexibility index (Phi) is 3.72. The molecule has 0 aliphatic carbocycles. The van der Waals surface area contributed by atoms with Gasteiger partial charge in [0.25, 0.3) is 0 Å². The number of anilines is 3. The van der Waals surface area contributed by atoms with Crippen LogP contribution in [0.1, 0.15) is 18.4 Å². The van der Waals surface area contributed by atoms with Crippen molar-refractivity contribution in [3.63, 3.8) is 0 Å². The molecule has 2 saturated heterocycles. The van der Waals surface area contributed by atoms with E-state index in [4.69, 9.17) is 16.6 Å². The molecule has 2 atom stereocenters. The predicted octanol–water partition coefficient (Wildman–Crippen LogP) is 3.00. The first-order chi connectivity index (χ1) is 12.7. The zero-order valence-electron chi connectivity index (χ0n) is 14.5. The minimum absolute atomic E-state index is 0.447. The molecule has 3 N–H and O–H groups in total. The number of hydrogen-bond acceptors (Lipinski definition) is 6. The van der Waals surface area contributed by atoms with E-state index in [1.54, 1.807) is 0 Å². The largest absolute Gasteiger partial charge is 0.340 e. The fourth-order valence-electron chi connectivity index (χ4n) is 3.98. The lowest BCUT2D eigenvalue weighted by Crippen LogP contribution is -2.52. The molecule has 26 heavy (non-hydrogen) atoms. The number of piperazine rings is 1. The van der Waals surface area contributed by atoms with Gasteiger partial charge in [0.05, 0.1) is 11.7 Å². The fraction of sp³-hybridized carbons (Fsp3) is 0.389. The Hall–Kier alpha value is -2.38. The SMILES string of the molecule is Cc1c(Cl)nc(N2C3CCC2CNC3)nc1Nc1ccc2[nH]ncc2c1. The van der Waals surface area contributed by atoms with Gasteiger partial charge >= 0.3 is 0 Å². The molecule has 7 nitrogen and oxygen atoms in total. The number of fused-ring (bicyclic) bond motifs is 3. The fourth-order valence-corrected chi connectivity index (χ4v) is 4.14. The van der Waals surface area contributed by atoms with Crippen molar-refractivity contribution in [2.75, 3.05) is 23.3 Å². The van der Waals surface area contributed by atoms with Crippen molar-refractivity contribution in [1.82, 2.24) is 25.5 Å². The monoisotopic (exact) mass is 369 g/mol. The third kappa shape index (κ3) is 2.59. The first-order valence-corrected chi connectivity index (χ1v) is 9.30. The van der Waals surface area contributed by atoms with E-state index >= 15 is 0 Å². The summed E-state index contributed by atoms with van der Waals surface area (Å²) in [6, 6.07) is 6.94. The third-order valence-electron chi connectivity index (χ3n) is 5.39. The van der Waals surface area contributed by atoms with E-state index < -0.39 is 0 Å². The highest BCUT2D eigenvalue weighted by molar-refractivity contribution is 6.30. The Balaban J connectivity index is 1.51. The summed E-state index contributed by atoms with van der Waals surface area (Å²) in [6.45, 7) is 3.90. The van der Waals surface area contributed by atoms with Crippen molar-refractivity contribution in [2.45, 2.75) is 31.8 Å². The molecule has 0 radical (unpaired) electrons. The van der Waals surface area contributed by atoms with Gasteiger partial charge in [-0.2, -0.15) is 10.1 Å². The average molecular weight is 370 g/mol. The van der Waals surface area contributed by atoms with Gasteiger partial charge in [0.1, 0.15) is 11.0 Å². The van der Waals surface area contributed by atoms with Gasteiger partial charge in [-0.3, -0.25) is 5.10 Å². The molecule has 0 amide bonds. The number of halogens is 1. The summed E-state index contributed by atoms with van der Waals surface area (Å²) in [5.41, 5.74) is 2.81. The van der Waals surface area contributed by atoms with Crippen LogP contribution in [0.3, 0.4) is 0 Å². The maximum Gasteiger partial charge on any atom is 0.229 e. The van der Waals surface area contributed by atoms with Gasteiger partial charge in [-0.15, -0.1) is 0 Å². The van der Waals surface area contributed by atoms with Crippen LogP contribution in [0.2, 0.25) is 5.15 Å². The van der Waals surface area contributed by atoms with Crippen LogP contribution in [0.5, 0.6) is 0 Å². The summed E-state index contributed by atoms with van der Waals surface area (Å²) in [5.74, 6) is 1.47. The Labute approximate surface area is 156 Å². The summed E-state index contributed by atoms with van der Waals surface area (Å²) < 4.78 is 0. The summed E-state index contributed by atoms with van der Waals surface area (Å²) in [5, 5.41) is 15.5. The van der Waals surface area contributed by atoms with Crippen LogP contribution in [-0.2, 0) is 0 Å². The van der Waals surface area contributed by atoms with E-state index in [-0.39, 0.29) is 0 Å². The van der Waals surface area contributed by atoms with E-state index in [1.807, 2.05) is 31.3 Å². The molecule has 0 saturated carbocycles. The number of H-pyrrole nitrogens is 1. The first-order valence-electron chi connectivity index (χ1n) is 8.92. The molecule has 8 heteroatoms. The number of nitrogens with one attached hydrogen (secondary N) is 3. The zero-order valence-corrected chi connectivity index (χ0v) is 15.2. The molecule has 0 spiro atoms. The minimum atomic E-state index is 0.447. The average Bonchev–Trinajstić information content (AvgIpc) is 3.20. The lowest BCUT2D eigenvalue weighted by atomic mass is 10.2. The maximum atomic E-state index is 6.45. The van der Waals surface area contributed by atoms with Gasteiger partial charge in [0.15, 0.2) is 0 Å².